The third-order valence-corrected chi connectivity index (χ3v) is 4.30. The fourth-order valence-electron chi connectivity index (χ4n) is 2.77. The number of nitrogens with one attached hydrogen (secondary N) is 1. The summed E-state index contributed by atoms with van der Waals surface area (Å²) in [6.07, 6.45) is 4.46. The summed E-state index contributed by atoms with van der Waals surface area (Å²) in [5.41, 5.74) is 1.50. The van der Waals surface area contributed by atoms with Crippen molar-refractivity contribution in [1.29, 1.82) is 0 Å². The molecular weight excluding hydrogens is 286 g/mol. The van der Waals surface area contributed by atoms with Gasteiger partial charge in [0.05, 0.1) is 6.04 Å². The lowest BCUT2D eigenvalue weighted by Crippen LogP contribution is -2.19. The van der Waals surface area contributed by atoms with Crippen LogP contribution in [-0.2, 0) is 0 Å². The number of aromatic nitrogens is 2. The first-order chi connectivity index (χ1) is 11.2. The van der Waals surface area contributed by atoms with Crippen LogP contribution in [0.2, 0.25) is 0 Å². The van der Waals surface area contributed by atoms with E-state index in [1.54, 1.807) is 12.4 Å². The molecule has 1 aromatic carbocycles. The summed E-state index contributed by atoms with van der Waals surface area (Å²) in [7, 11) is 0. The van der Waals surface area contributed by atoms with E-state index < -0.39 is 0 Å². The minimum Gasteiger partial charge on any atom is -0.505 e. The molecule has 2 aromatic heterocycles. The molecule has 0 amide bonds. The molecule has 0 fully saturated rings. The van der Waals surface area contributed by atoms with E-state index >= 15 is 0 Å². The molecule has 0 aliphatic carbocycles. The number of phenolic OH excluding ortho intramolecular Hbond substituents is 1. The van der Waals surface area contributed by atoms with Gasteiger partial charge in [0.2, 0.25) is 0 Å². The van der Waals surface area contributed by atoms with Crippen molar-refractivity contribution in [3.05, 3.63) is 60.4 Å². The topological polar surface area (TPSA) is 58.0 Å². The Hall–Kier alpha value is -2.62. The number of rotatable bonds is 5. The molecule has 2 atom stereocenters. The summed E-state index contributed by atoms with van der Waals surface area (Å²) in [5, 5.41) is 15.1. The van der Waals surface area contributed by atoms with Crippen LogP contribution in [0.3, 0.4) is 0 Å². The Balaban J connectivity index is 2.04. The zero-order valence-electron chi connectivity index (χ0n) is 13.4. The summed E-state index contributed by atoms with van der Waals surface area (Å²) < 4.78 is 0. The third-order valence-electron chi connectivity index (χ3n) is 4.30. The predicted octanol–water partition coefficient (Wildman–Crippen LogP) is 4.53. The van der Waals surface area contributed by atoms with E-state index in [4.69, 9.17) is 0 Å². The average molecular weight is 307 g/mol. The number of benzene rings is 1. The Labute approximate surface area is 136 Å². The number of aromatic hydroxyl groups is 1. The molecular formula is C19H21N3O. The fraction of sp³-hybridized carbons (Fsp3) is 0.263. The molecule has 4 nitrogen and oxygen atoms in total. The quantitative estimate of drug-likeness (QED) is 0.727. The van der Waals surface area contributed by atoms with Crippen LogP contribution >= 0.6 is 0 Å². The fourth-order valence-corrected chi connectivity index (χ4v) is 2.77. The van der Waals surface area contributed by atoms with Crippen LogP contribution in [-0.4, -0.2) is 15.1 Å². The maximum atomic E-state index is 10.7. The summed E-state index contributed by atoms with van der Waals surface area (Å²) in [4.78, 5) is 8.67. The zero-order chi connectivity index (χ0) is 16.2. The van der Waals surface area contributed by atoms with Gasteiger partial charge in [0.1, 0.15) is 17.1 Å². The highest BCUT2D eigenvalue weighted by Gasteiger charge is 2.22. The maximum Gasteiger partial charge on any atom is 0.147 e. The Bertz CT molecular complexity index is 789. The van der Waals surface area contributed by atoms with E-state index in [0.717, 1.165) is 23.2 Å². The average Bonchev–Trinajstić information content (AvgIpc) is 2.61. The number of hydrogen-bond acceptors (Lipinski definition) is 4. The number of hydrogen-bond donors (Lipinski definition) is 2. The van der Waals surface area contributed by atoms with Gasteiger partial charge in [-0.3, -0.25) is 4.98 Å². The van der Waals surface area contributed by atoms with Crippen LogP contribution in [0.1, 0.15) is 31.9 Å². The molecule has 2 heterocycles. The van der Waals surface area contributed by atoms with Crippen LogP contribution in [0.25, 0.3) is 10.9 Å². The Morgan fingerprint density at radius 3 is 2.61 bits per heavy atom. The van der Waals surface area contributed by atoms with Gasteiger partial charge in [-0.25, -0.2) is 4.98 Å². The number of phenols is 1. The Kier molecular flexibility index (Phi) is 4.42. The highest BCUT2D eigenvalue weighted by Crippen LogP contribution is 2.37. The van der Waals surface area contributed by atoms with Crippen LogP contribution in [0.15, 0.2) is 54.9 Å². The molecule has 23 heavy (non-hydrogen) atoms. The molecule has 0 spiro atoms. The second kappa shape index (κ2) is 6.65. The van der Waals surface area contributed by atoms with Crippen molar-refractivity contribution in [1.82, 2.24) is 9.97 Å². The van der Waals surface area contributed by atoms with Gasteiger partial charge in [-0.1, -0.05) is 44.5 Å². The van der Waals surface area contributed by atoms with Gasteiger partial charge >= 0.3 is 0 Å². The molecule has 0 saturated heterocycles. The van der Waals surface area contributed by atoms with Gasteiger partial charge < -0.3 is 10.4 Å². The van der Waals surface area contributed by atoms with Crippen molar-refractivity contribution in [2.24, 2.45) is 5.92 Å². The van der Waals surface area contributed by atoms with Crippen LogP contribution in [0.5, 0.6) is 5.75 Å². The smallest absolute Gasteiger partial charge is 0.147 e. The van der Waals surface area contributed by atoms with Gasteiger partial charge in [0, 0.05) is 23.3 Å². The largest absolute Gasteiger partial charge is 0.505 e. The van der Waals surface area contributed by atoms with Crippen molar-refractivity contribution < 1.29 is 5.11 Å². The Morgan fingerprint density at radius 1 is 1.04 bits per heavy atom. The first kappa shape index (κ1) is 15.3. The molecule has 0 saturated carbocycles. The molecule has 4 heteroatoms. The lowest BCUT2D eigenvalue weighted by atomic mass is 9.91. The van der Waals surface area contributed by atoms with E-state index in [1.165, 1.54) is 0 Å². The summed E-state index contributed by atoms with van der Waals surface area (Å²) in [6.45, 7) is 4.32. The van der Waals surface area contributed by atoms with E-state index in [-0.39, 0.29) is 11.8 Å². The molecule has 2 unspecified atom stereocenters. The molecule has 0 aliphatic rings. The van der Waals surface area contributed by atoms with E-state index in [9.17, 15) is 5.11 Å². The standard InChI is InChI=1S/C19H21N3O/c1-3-13(2)17(22-16-8-4-5-11-20-16)15-10-9-14-7-6-12-21-18(14)19(15)23/h4-13,17,23H,3H2,1-2H3,(H,20,22). The molecule has 2 N–H and O–H groups in total. The first-order valence-electron chi connectivity index (χ1n) is 7.95. The van der Waals surface area contributed by atoms with E-state index in [0.29, 0.717) is 11.4 Å². The monoisotopic (exact) mass is 307 g/mol. The number of anilines is 1. The molecule has 0 bridgehead atoms. The summed E-state index contributed by atoms with van der Waals surface area (Å²) >= 11 is 0. The van der Waals surface area contributed by atoms with Gasteiger partial charge in [-0.15, -0.1) is 0 Å². The lowest BCUT2D eigenvalue weighted by Gasteiger charge is -2.26. The van der Waals surface area contributed by atoms with Crippen molar-refractivity contribution in [3.8, 4) is 5.75 Å². The minimum atomic E-state index is -0.0266. The highest BCUT2D eigenvalue weighted by molar-refractivity contribution is 5.85. The summed E-state index contributed by atoms with van der Waals surface area (Å²) in [5.74, 6) is 1.39. The zero-order valence-corrected chi connectivity index (χ0v) is 13.4. The van der Waals surface area contributed by atoms with Crippen LogP contribution < -0.4 is 5.32 Å². The number of pyridine rings is 2. The van der Waals surface area contributed by atoms with E-state index in [1.807, 2.05) is 42.5 Å². The molecule has 3 rings (SSSR count). The van der Waals surface area contributed by atoms with E-state index in [2.05, 4.69) is 29.1 Å². The molecule has 0 aliphatic heterocycles. The summed E-state index contributed by atoms with van der Waals surface area (Å²) in [6, 6.07) is 13.6. The second-order valence-electron chi connectivity index (χ2n) is 5.80. The van der Waals surface area contributed by atoms with Gasteiger partial charge in [0.15, 0.2) is 0 Å². The number of fused-ring (bicyclic) bond motifs is 1. The predicted molar refractivity (Wildman–Crippen MR) is 93.5 cm³/mol. The second-order valence-corrected chi connectivity index (χ2v) is 5.80. The third kappa shape index (κ3) is 3.11. The van der Waals surface area contributed by atoms with Crippen molar-refractivity contribution in [3.63, 3.8) is 0 Å². The normalized spacial score (nSPS) is 13.7. The molecule has 0 radical (unpaired) electrons. The van der Waals surface area contributed by atoms with Crippen molar-refractivity contribution in [2.45, 2.75) is 26.3 Å². The highest BCUT2D eigenvalue weighted by atomic mass is 16.3. The van der Waals surface area contributed by atoms with Crippen LogP contribution in [0, 0.1) is 5.92 Å². The van der Waals surface area contributed by atoms with Gasteiger partial charge in [-0.05, 0) is 24.1 Å². The maximum absolute atomic E-state index is 10.7. The Morgan fingerprint density at radius 2 is 1.87 bits per heavy atom. The first-order valence-corrected chi connectivity index (χ1v) is 7.95. The minimum absolute atomic E-state index is 0.0266. The van der Waals surface area contributed by atoms with Crippen molar-refractivity contribution >= 4 is 16.7 Å². The molecule has 3 aromatic rings. The van der Waals surface area contributed by atoms with Gasteiger partial charge in [-0.2, -0.15) is 0 Å². The van der Waals surface area contributed by atoms with Crippen molar-refractivity contribution in [2.75, 3.05) is 5.32 Å². The van der Waals surface area contributed by atoms with Crippen LogP contribution in [0.4, 0.5) is 5.82 Å². The molecule has 118 valence electrons. The van der Waals surface area contributed by atoms with Gasteiger partial charge in [0.25, 0.3) is 0 Å². The lowest BCUT2D eigenvalue weighted by molar-refractivity contribution is 0.436. The number of nitrogens with zero attached hydrogens (tertiary/aromatic N) is 2. The SMILES string of the molecule is CCC(C)C(Nc1ccccn1)c1ccc2cccnc2c1O.